The van der Waals surface area contributed by atoms with E-state index >= 15 is 0 Å². The van der Waals surface area contributed by atoms with E-state index in [-0.39, 0.29) is 13.0 Å². The summed E-state index contributed by atoms with van der Waals surface area (Å²) >= 11 is 0. The topological polar surface area (TPSA) is 49.8 Å². The lowest BCUT2D eigenvalue weighted by Gasteiger charge is -2.21. The third-order valence-corrected chi connectivity index (χ3v) is 1.79. The van der Waals surface area contributed by atoms with E-state index < -0.39 is 24.8 Å². The van der Waals surface area contributed by atoms with E-state index in [4.69, 9.17) is 5.11 Å². The SMILES string of the molecule is COC(=O)CCN(C)CC(O)C(F)(F)F. The molecule has 0 heterocycles. The van der Waals surface area contributed by atoms with Gasteiger partial charge in [-0.15, -0.1) is 0 Å². The van der Waals surface area contributed by atoms with Crippen molar-refractivity contribution >= 4 is 5.97 Å². The van der Waals surface area contributed by atoms with Gasteiger partial charge in [-0.2, -0.15) is 13.2 Å². The minimum absolute atomic E-state index is 0.00240. The number of esters is 1. The molecule has 4 nitrogen and oxygen atoms in total. The molecule has 0 aromatic carbocycles. The first-order valence-electron chi connectivity index (χ1n) is 4.27. The Bertz CT molecular complexity index is 208. The molecule has 0 aliphatic carbocycles. The predicted octanol–water partition coefficient (Wildman–Crippen LogP) is 0.404. The molecule has 0 saturated carbocycles. The maximum Gasteiger partial charge on any atom is 0.415 e. The van der Waals surface area contributed by atoms with Crippen LogP contribution in [0.15, 0.2) is 0 Å². The van der Waals surface area contributed by atoms with Crippen LogP contribution in [0.4, 0.5) is 13.2 Å². The Kier molecular flexibility index (Phi) is 5.59. The summed E-state index contributed by atoms with van der Waals surface area (Å²) in [6.45, 7) is -0.444. The van der Waals surface area contributed by atoms with Crippen LogP contribution in [0.3, 0.4) is 0 Å². The second-order valence-corrected chi connectivity index (χ2v) is 3.15. The summed E-state index contributed by atoms with van der Waals surface area (Å²) in [5.41, 5.74) is 0. The van der Waals surface area contributed by atoms with Gasteiger partial charge in [-0.1, -0.05) is 0 Å². The Morgan fingerprint density at radius 2 is 2.07 bits per heavy atom. The number of alkyl halides is 3. The van der Waals surface area contributed by atoms with Crippen LogP contribution in [0.5, 0.6) is 0 Å². The average molecular weight is 229 g/mol. The Labute approximate surface area is 85.6 Å². The molecule has 0 fully saturated rings. The number of carbonyl (C=O) groups is 1. The maximum absolute atomic E-state index is 11.9. The molecule has 0 radical (unpaired) electrons. The van der Waals surface area contributed by atoms with Crippen molar-refractivity contribution in [2.75, 3.05) is 27.2 Å². The number of hydrogen-bond donors (Lipinski definition) is 1. The van der Waals surface area contributed by atoms with Crippen LogP contribution in [0.2, 0.25) is 0 Å². The van der Waals surface area contributed by atoms with Crippen molar-refractivity contribution in [2.45, 2.75) is 18.7 Å². The van der Waals surface area contributed by atoms with E-state index in [0.717, 1.165) is 0 Å². The van der Waals surface area contributed by atoms with Crippen LogP contribution < -0.4 is 0 Å². The lowest BCUT2D eigenvalue weighted by molar-refractivity contribution is -0.207. The number of rotatable bonds is 5. The highest BCUT2D eigenvalue weighted by Gasteiger charge is 2.38. The molecular weight excluding hydrogens is 215 g/mol. The van der Waals surface area contributed by atoms with E-state index in [1.807, 2.05) is 0 Å². The number of nitrogens with zero attached hydrogens (tertiary/aromatic N) is 1. The molecule has 15 heavy (non-hydrogen) atoms. The fraction of sp³-hybridized carbons (Fsp3) is 0.875. The van der Waals surface area contributed by atoms with Crippen molar-refractivity contribution in [3.8, 4) is 0 Å². The Morgan fingerprint density at radius 1 is 1.53 bits per heavy atom. The summed E-state index contributed by atoms with van der Waals surface area (Å²) in [7, 11) is 2.59. The number of aliphatic hydroxyl groups excluding tert-OH is 1. The zero-order chi connectivity index (χ0) is 12.1. The molecule has 0 bridgehead atoms. The van der Waals surface area contributed by atoms with Gasteiger partial charge in [0.25, 0.3) is 0 Å². The first kappa shape index (κ1) is 14.2. The highest BCUT2D eigenvalue weighted by Crippen LogP contribution is 2.20. The highest BCUT2D eigenvalue weighted by atomic mass is 19.4. The van der Waals surface area contributed by atoms with E-state index in [2.05, 4.69) is 4.74 Å². The fourth-order valence-corrected chi connectivity index (χ4v) is 0.874. The number of likely N-dealkylation sites (N-methyl/N-ethyl adjacent to an activating group) is 1. The minimum Gasteiger partial charge on any atom is -0.469 e. The first-order chi connectivity index (χ1) is 6.77. The zero-order valence-electron chi connectivity index (χ0n) is 8.54. The second kappa shape index (κ2) is 5.92. The molecule has 0 spiro atoms. The number of halogens is 3. The van der Waals surface area contributed by atoms with Gasteiger partial charge in [0.05, 0.1) is 13.5 Å². The predicted molar refractivity (Wildman–Crippen MR) is 46.2 cm³/mol. The van der Waals surface area contributed by atoms with Gasteiger partial charge in [0.15, 0.2) is 6.10 Å². The van der Waals surface area contributed by atoms with Crippen LogP contribution >= 0.6 is 0 Å². The number of ether oxygens (including phenoxy) is 1. The summed E-state index contributed by atoms with van der Waals surface area (Å²) in [5.74, 6) is -0.497. The monoisotopic (exact) mass is 229 g/mol. The number of methoxy groups -OCH3 is 1. The molecule has 0 saturated heterocycles. The van der Waals surface area contributed by atoms with E-state index in [1.54, 1.807) is 0 Å². The smallest absolute Gasteiger partial charge is 0.415 e. The molecular formula is C8H14F3NO3. The molecule has 1 atom stereocenters. The largest absolute Gasteiger partial charge is 0.469 e. The third-order valence-electron chi connectivity index (χ3n) is 1.79. The summed E-state index contributed by atoms with van der Waals surface area (Å²) < 4.78 is 40.0. The average Bonchev–Trinajstić information content (AvgIpc) is 2.12. The van der Waals surface area contributed by atoms with Crippen molar-refractivity contribution in [1.29, 1.82) is 0 Å². The van der Waals surface area contributed by atoms with Gasteiger partial charge in [-0.3, -0.25) is 4.79 Å². The van der Waals surface area contributed by atoms with Gasteiger partial charge < -0.3 is 14.7 Å². The molecule has 1 unspecified atom stereocenters. The third kappa shape index (κ3) is 6.29. The number of hydrogen-bond acceptors (Lipinski definition) is 4. The maximum atomic E-state index is 11.9. The standard InChI is InChI=1S/C8H14F3NO3/c1-12(4-3-7(14)15-2)5-6(13)8(9,10)11/h6,13H,3-5H2,1-2H3. The van der Waals surface area contributed by atoms with Gasteiger partial charge in [0.1, 0.15) is 0 Å². The summed E-state index contributed by atoms with van der Waals surface area (Å²) in [5, 5.41) is 8.70. The lowest BCUT2D eigenvalue weighted by Crippen LogP contribution is -2.40. The molecule has 0 amide bonds. The molecule has 1 N–H and O–H groups in total. The molecule has 0 aliphatic rings. The number of carbonyl (C=O) groups excluding carboxylic acids is 1. The van der Waals surface area contributed by atoms with Crippen LogP contribution in [0.1, 0.15) is 6.42 Å². The van der Waals surface area contributed by atoms with Crippen LogP contribution in [0.25, 0.3) is 0 Å². The first-order valence-corrected chi connectivity index (χ1v) is 4.27. The molecule has 7 heteroatoms. The van der Waals surface area contributed by atoms with Crippen molar-refractivity contribution < 1.29 is 27.8 Å². The van der Waals surface area contributed by atoms with E-state index in [0.29, 0.717) is 0 Å². The lowest BCUT2D eigenvalue weighted by atomic mass is 10.3. The molecule has 0 rings (SSSR count). The van der Waals surface area contributed by atoms with Crippen molar-refractivity contribution in [3.05, 3.63) is 0 Å². The summed E-state index contributed by atoms with van der Waals surface area (Å²) in [6, 6.07) is 0. The Balaban J connectivity index is 3.84. The Morgan fingerprint density at radius 3 is 2.47 bits per heavy atom. The molecule has 0 aromatic rings. The van der Waals surface area contributed by atoms with Crippen LogP contribution in [-0.4, -0.2) is 55.5 Å². The van der Waals surface area contributed by atoms with E-state index in [9.17, 15) is 18.0 Å². The fourth-order valence-electron chi connectivity index (χ4n) is 0.874. The van der Waals surface area contributed by atoms with Crippen molar-refractivity contribution in [2.24, 2.45) is 0 Å². The van der Waals surface area contributed by atoms with Gasteiger partial charge in [-0.05, 0) is 7.05 Å². The van der Waals surface area contributed by atoms with Crippen molar-refractivity contribution in [1.82, 2.24) is 4.90 Å². The zero-order valence-corrected chi connectivity index (χ0v) is 8.54. The number of aliphatic hydroxyl groups is 1. The Hall–Kier alpha value is -0.820. The van der Waals surface area contributed by atoms with Gasteiger partial charge in [0.2, 0.25) is 0 Å². The second-order valence-electron chi connectivity index (χ2n) is 3.15. The molecule has 0 aliphatic heterocycles. The minimum atomic E-state index is -4.63. The summed E-state index contributed by atoms with van der Waals surface area (Å²) in [4.78, 5) is 11.9. The van der Waals surface area contributed by atoms with Gasteiger partial charge in [-0.25, -0.2) is 0 Å². The molecule has 0 aromatic heterocycles. The van der Waals surface area contributed by atoms with Gasteiger partial charge in [0, 0.05) is 13.1 Å². The van der Waals surface area contributed by atoms with Crippen molar-refractivity contribution in [3.63, 3.8) is 0 Å². The van der Waals surface area contributed by atoms with E-state index in [1.165, 1.54) is 19.1 Å². The highest BCUT2D eigenvalue weighted by molar-refractivity contribution is 5.69. The van der Waals surface area contributed by atoms with Gasteiger partial charge >= 0.3 is 12.1 Å². The molecule has 90 valence electrons. The normalized spacial score (nSPS) is 14.1. The summed E-state index contributed by atoms with van der Waals surface area (Å²) in [6.07, 6.45) is -7.02. The quantitative estimate of drug-likeness (QED) is 0.693. The van der Waals surface area contributed by atoms with Crippen LogP contribution in [-0.2, 0) is 9.53 Å². The van der Waals surface area contributed by atoms with Crippen LogP contribution in [0, 0.1) is 0 Å².